The number of carbonyl (C=O) groups excluding carboxylic acids is 3. The number of rotatable bonds is 66. The lowest BCUT2D eigenvalue weighted by Crippen LogP contribution is -2.30. The van der Waals surface area contributed by atoms with Crippen LogP contribution >= 0.6 is 0 Å². The first-order valence-electron chi connectivity index (χ1n) is 35.5. The van der Waals surface area contributed by atoms with Gasteiger partial charge < -0.3 is 14.2 Å². The highest BCUT2D eigenvalue weighted by molar-refractivity contribution is 5.71. The Kier molecular flexibility index (Phi) is 66.1. The van der Waals surface area contributed by atoms with Crippen molar-refractivity contribution in [2.75, 3.05) is 13.2 Å². The van der Waals surface area contributed by atoms with Crippen LogP contribution in [-0.2, 0) is 28.6 Å². The topological polar surface area (TPSA) is 78.9 Å². The molecule has 0 radical (unpaired) electrons. The zero-order valence-corrected chi connectivity index (χ0v) is 53.4. The standard InChI is InChI=1S/C73H136O6/c1-4-7-10-13-16-19-22-24-26-28-29-30-31-32-33-34-35-36-37-38-39-40-41-42-43-45-46-48-51-54-57-60-63-66-72(75)78-69-70(68-77-71(74)65-62-59-56-53-50-21-18-15-12-9-6-3)79-73(76)67-64-61-58-55-52-49-47-44-27-25-23-20-17-14-11-8-5-2/h22,24-25,27-29,70H,4-21,23,26,30-69H2,1-3H3/b24-22-,27-25-,29-28-. The van der Waals surface area contributed by atoms with Crippen molar-refractivity contribution >= 4 is 17.9 Å². The van der Waals surface area contributed by atoms with Crippen molar-refractivity contribution in [3.8, 4) is 0 Å². The molecule has 6 nitrogen and oxygen atoms in total. The number of unbranched alkanes of at least 4 members (excludes halogenated alkanes) is 49. The number of ether oxygens (including phenoxy) is 3. The summed E-state index contributed by atoms with van der Waals surface area (Å²) in [6.07, 6.45) is 84.8. The summed E-state index contributed by atoms with van der Waals surface area (Å²) in [5.74, 6) is -0.846. The molecule has 0 N–H and O–H groups in total. The van der Waals surface area contributed by atoms with E-state index in [9.17, 15) is 14.4 Å². The maximum absolute atomic E-state index is 12.9. The van der Waals surface area contributed by atoms with Gasteiger partial charge in [0.05, 0.1) is 0 Å². The molecule has 0 saturated heterocycles. The fourth-order valence-corrected chi connectivity index (χ4v) is 10.8. The largest absolute Gasteiger partial charge is 0.462 e. The van der Waals surface area contributed by atoms with Crippen molar-refractivity contribution in [1.29, 1.82) is 0 Å². The summed E-state index contributed by atoms with van der Waals surface area (Å²) in [4.78, 5) is 38.3. The van der Waals surface area contributed by atoms with Gasteiger partial charge >= 0.3 is 17.9 Å². The van der Waals surface area contributed by atoms with E-state index in [0.717, 1.165) is 64.2 Å². The fraction of sp³-hybridized carbons (Fsp3) is 0.877. The van der Waals surface area contributed by atoms with Gasteiger partial charge in [-0.1, -0.05) is 333 Å². The molecule has 0 rings (SSSR count). The van der Waals surface area contributed by atoms with Gasteiger partial charge in [0.1, 0.15) is 13.2 Å². The molecule has 0 aliphatic heterocycles. The highest BCUT2D eigenvalue weighted by Gasteiger charge is 2.19. The van der Waals surface area contributed by atoms with E-state index in [-0.39, 0.29) is 31.1 Å². The Hall–Kier alpha value is -2.37. The van der Waals surface area contributed by atoms with Gasteiger partial charge in [0.2, 0.25) is 0 Å². The fourth-order valence-electron chi connectivity index (χ4n) is 10.8. The molecule has 0 aliphatic rings. The molecule has 0 aliphatic carbocycles. The summed E-state index contributed by atoms with van der Waals surface area (Å²) in [6, 6.07) is 0. The summed E-state index contributed by atoms with van der Waals surface area (Å²) in [5, 5.41) is 0. The predicted molar refractivity (Wildman–Crippen MR) is 344 cm³/mol. The van der Waals surface area contributed by atoms with E-state index >= 15 is 0 Å². The summed E-state index contributed by atoms with van der Waals surface area (Å²) in [6.45, 7) is 6.68. The van der Waals surface area contributed by atoms with E-state index in [1.54, 1.807) is 0 Å². The lowest BCUT2D eigenvalue weighted by atomic mass is 10.0. The second-order valence-corrected chi connectivity index (χ2v) is 24.1. The molecule has 0 aromatic carbocycles. The van der Waals surface area contributed by atoms with E-state index in [1.807, 2.05) is 0 Å². The minimum Gasteiger partial charge on any atom is -0.462 e. The minimum absolute atomic E-state index is 0.0677. The molecular weight excluding hydrogens is 973 g/mol. The van der Waals surface area contributed by atoms with Gasteiger partial charge in [0.25, 0.3) is 0 Å². The van der Waals surface area contributed by atoms with E-state index in [2.05, 4.69) is 57.2 Å². The summed E-state index contributed by atoms with van der Waals surface area (Å²) in [5.41, 5.74) is 0. The Morgan fingerprint density at radius 3 is 0.709 bits per heavy atom. The van der Waals surface area contributed by atoms with Crippen LogP contribution in [0, 0.1) is 0 Å². The zero-order valence-electron chi connectivity index (χ0n) is 53.4. The maximum atomic E-state index is 12.9. The third-order valence-electron chi connectivity index (χ3n) is 16.1. The number of esters is 3. The average Bonchev–Trinajstić information content (AvgIpc) is 3.45. The molecule has 0 amide bonds. The van der Waals surface area contributed by atoms with Crippen molar-refractivity contribution in [2.24, 2.45) is 0 Å². The smallest absolute Gasteiger partial charge is 0.306 e. The monoisotopic (exact) mass is 1110 g/mol. The van der Waals surface area contributed by atoms with Gasteiger partial charge in [0.15, 0.2) is 6.10 Å². The third kappa shape index (κ3) is 66.3. The third-order valence-corrected chi connectivity index (χ3v) is 16.1. The zero-order chi connectivity index (χ0) is 57.1. The number of allylic oxidation sites excluding steroid dienone is 6. The summed E-state index contributed by atoms with van der Waals surface area (Å²) in [7, 11) is 0. The van der Waals surface area contributed by atoms with E-state index in [1.165, 1.54) is 289 Å². The van der Waals surface area contributed by atoms with Gasteiger partial charge in [-0.2, -0.15) is 0 Å². The highest BCUT2D eigenvalue weighted by Crippen LogP contribution is 2.18. The molecule has 0 spiro atoms. The molecule has 6 heteroatoms. The van der Waals surface area contributed by atoms with Crippen LogP contribution in [0.2, 0.25) is 0 Å². The van der Waals surface area contributed by atoms with Gasteiger partial charge in [-0.3, -0.25) is 14.4 Å². The average molecular weight is 1110 g/mol. The molecule has 0 bridgehead atoms. The van der Waals surface area contributed by atoms with Crippen molar-refractivity contribution in [3.05, 3.63) is 36.5 Å². The van der Waals surface area contributed by atoms with E-state index < -0.39 is 6.10 Å². The van der Waals surface area contributed by atoms with Gasteiger partial charge in [-0.25, -0.2) is 0 Å². The van der Waals surface area contributed by atoms with Crippen LogP contribution < -0.4 is 0 Å². The first kappa shape index (κ1) is 76.6. The van der Waals surface area contributed by atoms with Crippen LogP contribution in [0.25, 0.3) is 0 Å². The van der Waals surface area contributed by atoms with Crippen LogP contribution in [0.5, 0.6) is 0 Å². The SMILES string of the molecule is CCCCCCC/C=C\C/C=C\CCCCCCCCCCCCCCCCCCCCCCCC(=O)OCC(COC(=O)CCCCCCCCCCCCC)OC(=O)CCCCCCCCC/C=C\CCCCCCCC. The second kappa shape index (κ2) is 68.1. The molecule has 0 heterocycles. The molecule has 0 aromatic rings. The molecule has 0 aromatic heterocycles. The van der Waals surface area contributed by atoms with Crippen LogP contribution in [0.3, 0.4) is 0 Å². The van der Waals surface area contributed by atoms with Crippen molar-refractivity contribution in [2.45, 2.75) is 399 Å². The summed E-state index contributed by atoms with van der Waals surface area (Å²) < 4.78 is 16.9. The molecular formula is C73H136O6. The van der Waals surface area contributed by atoms with Crippen LogP contribution in [0.1, 0.15) is 393 Å². The van der Waals surface area contributed by atoms with Crippen molar-refractivity contribution in [1.82, 2.24) is 0 Å². The number of carbonyl (C=O) groups is 3. The van der Waals surface area contributed by atoms with Crippen LogP contribution in [0.4, 0.5) is 0 Å². The van der Waals surface area contributed by atoms with E-state index in [4.69, 9.17) is 14.2 Å². The quantitative estimate of drug-likeness (QED) is 0.0261. The lowest BCUT2D eigenvalue weighted by Gasteiger charge is -2.18. The maximum Gasteiger partial charge on any atom is 0.306 e. The summed E-state index contributed by atoms with van der Waals surface area (Å²) >= 11 is 0. The molecule has 464 valence electrons. The Bertz CT molecular complexity index is 1320. The minimum atomic E-state index is -0.770. The molecule has 79 heavy (non-hydrogen) atoms. The molecule has 1 atom stereocenters. The number of hydrogen-bond acceptors (Lipinski definition) is 6. The van der Waals surface area contributed by atoms with Crippen LogP contribution in [-0.4, -0.2) is 37.2 Å². The lowest BCUT2D eigenvalue weighted by molar-refractivity contribution is -0.167. The van der Waals surface area contributed by atoms with E-state index in [0.29, 0.717) is 19.3 Å². The number of hydrogen-bond donors (Lipinski definition) is 0. The van der Waals surface area contributed by atoms with Crippen LogP contribution in [0.15, 0.2) is 36.5 Å². The Morgan fingerprint density at radius 1 is 0.253 bits per heavy atom. The first-order chi connectivity index (χ1) is 39.0. The Balaban J connectivity index is 4.07. The van der Waals surface area contributed by atoms with Crippen molar-refractivity contribution in [3.63, 3.8) is 0 Å². The van der Waals surface area contributed by atoms with Crippen molar-refractivity contribution < 1.29 is 28.6 Å². The Morgan fingerprint density at radius 2 is 0.456 bits per heavy atom. The first-order valence-corrected chi connectivity index (χ1v) is 35.5. The van der Waals surface area contributed by atoms with Gasteiger partial charge in [-0.05, 0) is 77.0 Å². The normalized spacial score (nSPS) is 12.2. The van der Waals surface area contributed by atoms with Gasteiger partial charge in [-0.15, -0.1) is 0 Å². The predicted octanol–water partition coefficient (Wildman–Crippen LogP) is 24.3. The molecule has 1 unspecified atom stereocenters. The van der Waals surface area contributed by atoms with Gasteiger partial charge in [0, 0.05) is 19.3 Å². The highest BCUT2D eigenvalue weighted by atomic mass is 16.6. The molecule has 0 fully saturated rings. The Labute approximate surface area is 493 Å². The molecule has 0 saturated carbocycles. The second-order valence-electron chi connectivity index (χ2n) is 24.1.